The highest BCUT2D eigenvalue weighted by Gasteiger charge is 2.43. The van der Waals surface area contributed by atoms with E-state index in [1.54, 1.807) is 30.8 Å². The predicted molar refractivity (Wildman–Crippen MR) is 220 cm³/mol. The molecule has 0 aromatic heterocycles. The summed E-state index contributed by atoms with van der Waals surface area (Å²) in [6.45, 7) is 14.1. The summed E-state index contributed by atoms with van der Waals surface area (Å²) in [7, 11) is 6.48. The van der Waals surface area contributed by atoms with Crippen molar-refractivity contribution in [3.63, 3.8) is 0 Å². The number of amides is 5. The van der Waals surface area contributed by atoms with Crippen molar-refractivity contribution in [1.29, 1.82) is 0 Å². The first-order valence-electron chi connectivity index (χ1n) is 20.9. The Morgan fingerprint density at radius 2 is 1.55 bits per heavy atom. The van der Waals surface area contributed by atoms with E-state index in [0.717, 1.165) is 5.56 Å². The van der Waals surface area contributed by atoms with E-state index in [1.807, 2.05) is 71.9 Å². The minimum absolute atomic E-state index is 0.0141. The number of cyclic esters (lactones) is 1. The van der Waals surface area contributed by atoms with Gasteiger partial charge in [0.05, 0.1) is 49.3 Å². The van der Waals surface area contributed by atoms with Crippen LogP contribution < -0.4 is 21.3 Å². The van der Waals surface area contributed by atoms with Gasteiger partial charge in [-0.3, -0.25) is 24.0 Å². The average molecular weight is 815 g/mol. The molecule has 5 amide bonds. The van der Waals surface area contributed by atoms with Gasteiger partial charge in [0.1, 0.15) is 18.1 Å². The van der Waals surface area contributed by atoms with Crippen LogP contribution in [0.1, 0.15) is 86.1 Å². The Balaban J connectivity index is 1.79. The fourth-order valence-corrected chi connectivity index (χ4v) is 8.31. The van der Waals surface area contributed by atoms with Crippen molar-refractivity contribution in [2.75, 3.05) is 41.5 Å². The molecule has 326 valence electrons. The summed E-state index contributed by atoms with van der Waals surface area (Å²) in [4.78, 5) is 84.7. The van der Waals surface area contributed by atoms with Crippen molar-refractivity contribution >= 4 is 35.5 Å². The number of nitrogens with zero attached hydrogens (tertiary/aromatic N) is 2. The van der Waals surface area contributed by atoms with E-state index < -0.39 is 72.2 Å². The van der Waals surface area contributed by atoms with E-state index in [2.05, 4.69) is 21.3 Å². The molecule has 1 aromatic carbocycles. The standard InChI is InChI=1S/C43H70N6O9/c1-12-27(6)37(48(9)42(54)36(26(4)5)47-41(53)35(44-8)25(2)3)33(56-10)24-34(50)49-21-16-19-32(49)38(57-11)28(7)39(51)46-31(23-29-17-14-13-15-18-29)40(52)45-30-20-22-58-43(30)55/h13-15,17-18,25-28,30-33,35-38,44H,12,16,19-24H2,1-11H3,(H,45,52)(H,46,51)(H,47,53)/t27-,28+,30-,31-,32-,33+,35-,36-,37-,38+/m0/s1. The molecule has 2 aliphatic rings. The highest BCUT2D eigenvalue weighted by molar-refractivity contribution is 5.92. The zero-order valence-corrected chi connectivity index (χ0v) is 36.5. The normalized spacial score (nSPS) is 21.0. The van der Waals surface area contributed by atoms with Crippen LogP contribution >= 0.6 is 0 Å². The Hall–Kier alpha value is -4.08. The third-order valence-electron chi connectivity index (χ3n) is 11.9. The Bertz CT molecular complexity index is 1530. The van der Waals surface area contributed by atoms with Gasteiger partial charge in [-0.25, -0.2) is 4.79 Å². The number of rotatable bonds is 22. The van der Waals surface area contributed by atoms with Crippen LogP contribution in [0.25, 0.3) is 0 Å². The van der Waals surface area contributed by atoms with Crippen LogP contribution in [-0.4, -0.2) is 135 Å². The third kappa shape index (κ3) is 12.5. The Morgan fingerprint density at radius 1 is 0.897 bits per heavy atom. The number of ether oxygens (including phenoxy) is 3. The van der Waals surface area contributed by atoms with Crippen LogP contribution in [0.4, 0.5) is 0 Å². The van der Waals surface area contributed by atoms with Crippen molar-refractivity contribution in [2.45, 2.75) is 135 Å². The van der Waals surface area contributed by atoms with Crippen LogP contribution in [0.15, 0.2) is 30.3 Å². The van der Waals surface area contributed by atoms with Crippen LogP contribution in [0.5, 0.6) is 0 Å². The number of hydrogen-bond donors (Lipinski definition) is 4. The maximum atomic E-state index is 14.3. The number of carbonyl (C=O) groups excluding carboxylic acids is 6. The SMILES string of the molecule is CC[C@H](C)[C@@H]([C@@H](CC(=O)N1CCC[C@H]1[C@H](OC)[C@@H](C)C(=O)N[C@@H](Cc1ccccc1)C(=O)N[C@H]1CCOC1=O)OC)N(C)C(=O)[C@@H](NC(=O)[C@@H](NC)C(C)C)C(C)C. The summed E-state index contributed by atoms with van der Waals surface area (Å²) >= 11 is 0. The molecule has 0 aliphatic carbocycles. The lowest BCUT2D eigenvalue weighted by Gasteiger charge is -2.41. The van der Waals surface area contributed by atoms with E-state index >= 15 is 0 Å². The molecule has 2 saturated heterocycles. The molecule has 2 fully saturated rings. The summed E-state index contributed by atoms with van der Waals surface area (Å²) in [6.07, 6.45) is 1.18. The molecule has 0 radical (unpaired) electrons. The zero-order chi connectivity index (χ0) is 43.3. The molecule has 2 heterocycles. The maximum absolute atomic E-state index is 14.3. The first kappa shape index (κ1) is 48.3. The molecule has 15 nitrogen and oxygen atoms in total. The molecule has 15 heteroatoms. The summed E-state index contributed by atoms with van der Waals surface area (Å²) in [5.41, 5.74) is 0.828. The fraction of sp³-hybridized carbons (Fsp3) is 0.721. The second-order valence-corrected chi connectivity index (χ2v) is 16.6. The van der Waals surface area contributed by atoms with Crippen molar-refractivity contribution in [1.82, 2.24) is 31.1 Å². The predicted octanol–water partition coefficient (Wildman–Crippen LogP) is 2.45. The molecular formula is C43H70N6O9. The topological polar surface area (TPSA) is 185 Å². The highest BCUT2D eigenvalue weighted by atomic mass is 16.5. The van der Waals surface area contributed by atoms with Crippen LogP contribution in [0, 0.1) is 23.7 Å². The van der Waals surface area contributed by atoms with Gasteiger partial charge in [-0.15, -0.1) is 0 Å². The van der Waals surface area contributed by atoms with Gasteiger partial charge in [0.2, 0.25) is 29.5 Å². The molecule has 10 atom stereocenters. The Morgan fingerprint density at radius 3 is 2.09 bits per heavy atom. The summed E-state index contributed by atoms with van der Waals surface area (Å²) in [5, 5.41) is 11.7. The molecule has 0 spiro atoms. The van der Waals surface area contributed by atoms with Gasteiger partial charge in [-0.2, -0.15) is 0 Å². The van der Waals surface area contributed by atoms with E-state index in [4.69, 9.17) is 14.2 Å². The lowest BCUT2D eigenvalue weighted by molar-refractivity contribution is -0.148. The number of likely N-dealkylation sites (N-methyl/N-ethyl adjacent to an activating group) is 2. The number of likely N-dealkylation sites (tertiary alicyclic amines) is 1. The van der Waals surface area contributed by atoms with Gasteiger partial charge >= 0.3 is 5.97 Å². The first-order chi connectivity index (χ1) is 27.5. The van der Waals surface area contributed by atoms with Gasteiger partial charge in [-0.1, -0.05) is 85.2 Å². The molecule has 0 unspecified atom stereocenters. The molecule has 58 heavy (non-hydrogen) atoms. The first-order valence-corrected chi connectivity index (χ1v) is 20.9. The van der Waals surface area contributed by atoms with Crippen LogP contribution in [0.3, 0.4) is 0 Å². The van der Waals surface area contributed by atoms with Gasteiger partial charge in [0.15, 0.2) is 0 Å². The molecule has 3 rings (SSSR count). The molecule has 4 N–H and O–H groups in total. The Labute approximate surface area is 345 Å². The van der Waals surface area contributed by atoms with Crippen molar-refractivity contribution in [2.24, 2.45) is 23.7 Å². The van der Waals surface area contributed by atoms with Crippen LogP contribution in [0.2, 0.25) is 0 Å². The summed E-state index contributed by atoms with van der Waals surface area (Å²) in [6, 6.07) is 5.34. The maximum Gasteiger partial charge on any atom is 0.328 e. The minimum atomic E-state index is -0.979. The molecule has 2 aliphatic heterocycles. The lowest BCUT2D eigenvalue weighted by atomic mass is 9.89. The quantitative estimate of drug-likeness (QED) is 0.127. The smallest absolute Gasteiger partial charge is 0.328 e. The van der Waals surface area contributed by atoms with Gasteiger partial charge < -0.3 is 45.3 Å². The Kier molecular flexibility index (Phi) is 19.1. The second kappa shape index (κ2) is 22.9. The number of nitrogens with one attached hydrogen (secondary N) is 4. The van der Waals surface area contributed by atoms with E-state index in [-0.39, 0.29) is 54.9 Å². The summed E-state index contributed by atoms with van der Waals surface area (Å²) < 4.78 is 17.0. The number of methoxy groups -OCH3 is 2. The lowest BCUT2D eigenvalue weighted by Crippen LogP contribution is -2.59. The van der Waals surface area contributed by atoms with E-state index in [9.17, 15) is 28.8 Å². The number of carbonyl (C=O) groups is 6. The largest absolute Gasteiger partial charge is 0.464 e. The number of benzene rings is 1. The molecule has 0 saturated carbocycles. The van der Waals surface area contributed by atoms with Gasteiger partial charge in [0.25, 0.3) is 0 Å². The molecule has 1 aromatic rings. The molecular weight excluding hydrogens is 745 g/mol. The van der Waals surface area contributed by atoms with Gasteiger partial charge in [0, 0.05) is 40.7 Å². The number of hydrogen-bond acceptors (Lipinski definition) is 10. The summed E-state index contributed by atoms with van der Waals surface area (Å²) in [5.74, 6) is -3.13. The molecule has 0 bridgehead atoms. The van der Waals surface area contributed by atoms with E-state index in [1.165, 1.54) is 14.2 Å². The monoisotopic (exact) mass is 815 g/mol. The third-order valence-corrected chi connectivity index (χ3v) is 11.9. The zero-order valence-electron chi connectivity index (χ0n) is 36.5. The van der Waals surface area contributed by atoms with Gasteiger partial charge in [-0.05, 0) is 43.2 Å². The van der Waals surface area contributed by atoms with Crippen molar-refractivity contribution in [3.8, 4) is 0 Å². The minimum Gasteiger partial charge on any atom is -0.464 e. The van der Waals surface area contributed by atoms with Crippen molar-refractivity contribution < 1.29 is 43.0 Å². The van der Waals surface area contributed by atoms with E-state index in [0.29, 0.717) is 32.2 Å². The fourth-order valence-electron chi connectivity index (χ4n) is 8.31. The highest BCUT2D eigenvalue weighted by Crippen LogP contribution is 2.30. The number of esters is 1. The van der Waals surface area contributed by atoms with Crippen molar-refractivity contribution in [3.05, 3.63) is 35.9 Å². The second-order valence-electron chi connectivity index (χ2n) is 16.6. The van der Waals surface area contributed by atoms with Crippen LogP contribution in [-0.2, 0) is 49.4 Å². The average Bonchev–Trinajstić information content (AvgIpc) is 3.85.